The molecule has 0 saturated heterocycles. The predicted molar refractivity (Wildman–Crippen MR) is 71.0 cm³/mol. The maximum Gasteiger partial charge on any atom is 0.111 e. The van der Waals surface area contributed by atoms with Gasteiger partial charge in [0.05, 0.1) is 16.3 Å². The fourth-order valence-corrected chi connectivity index (χ4v) is 2.50. The van der Waals surface area contributed by atoms with Crippen LogP contribution >= 0.6 is 22.9 Å². The third-order valence-corrected chi connectivity index (χ3v) is 3.63. The molecular formula is C12H13ClN2S. The van der Waals surface area contributed by atoms with Gasteiger partial charge in [0.25, 0.3) is 0 Å². The van der Waals surface area contributed by atoms with Crippen LogP contribution in [0, 0.1) is 0 Å². The van der Waals surface area contributed by atoms with Crippen LogP contribution in [0.25, 0.3) is 10.2 Å². The number of benzene rings is 1. The van der Waals surface area contributed by atoms with Crippen molar-refractivity contribution in [2.45, 2.75) is 13.0 Å². The number of rotatable bonds is 4. The van der Waals surface area contributed by atoms with E-state index in [2.05, 4.69) is 29.9 Å². The second kappa shape index (κ2) is 4.95. The van der Waals surface area contributed by atoms with Crippen LogP contribution in [0.3, 0.4) is 0 Å². The van der Waals surface area contributed by atoms with Gasteiger partial charge in [0.1, 0.15) is 5.01 Å². The Morgan fingerprint density at radius 1 is 1.56 bits per heavy atom. The Morgan fingerprint density at radius 3 is 3.00 bits per heavy atom. The van der Waals surface area contributed by atoms with Crippen molar-refractivity contribution in [3.05, 3.63) is 40.9 Å². The summed E-state index contributed by atoms with van der Waals surface area (Å²) in [6, 6.07) is 8.35. The molecule has 1 heterocycles. The molecule has 0 aliphatic carbocycles. The maximum absolute atomic E-state index is 5.71. The number of aromatic nitrogens is 1. The van der Waals surface area contributed by atoms with Gasteiger partial charge in [-0.25, -0.2) is 4.98 Å². The highest BCUT2D eigenvalue weighted by molar-refractivity contribution is 7.18. The Labute approximate surface area is 104 Å². The molecule has 2 nitrogen and oxygen atoms in total. The van der Waals surface area contributed by atoms with Crippen molar-refractivity contribution in [2.75, 3.05) is 6.54 Å². The van der Waals surface area contributed by atoms with E-state index in [4.69, 9.17) is 11.6 Å². The van der Waals surface area contributed by atoms with Gasteiger partial charge in [-0.1, -0.05) is 30.3 Å². The molecule has 2 aromatic rings. The molecule has 1 aromatic heterocycles. The van der Waals surface area contributed by atoms with Gasteiger partial charge in [-0.05, 0) is 19.1 Å². The van der Waals surface area contributed by atoms with E-state index in [0.717, 1.165) is 10.5 Å². The van der Waals surface area contributed by atoms with Crippen molar-refractivity contribution < 1.29 is 0 Å². The second-order valence-corrected chi connectivity index (χ2v) is 5.24. The minimum atomic E-state index is 0.202. The van der Waals surface area contributed by atoms with E-state index in [1.807, 2.05) is 18.2 Å². The number of nitrogens with one attached hydrogen (secondary N) is 1. The minimum absolute atomic E-state index is 0.202. The van der Waals surface area contributed by atoms with Crippen molar-refractivity contribution in [1.29, 1.82) is 0 Å². The number of nitrogens with zero attached hydrogens (tertiary/aromatic N) is 1. The van der Waals surface area contributed by atoms with Crippen LogP contribution in [0.1, 0.15) is 18.0 Å². The van der Waals surface area contributed by atoms with Crippen LogP contribution in [0.15, 0.2) is 35.9 Å². The molecule has 0 bridgehead atoms. The van der Waals surface area contributed by atoms with Crippen molar-refractivity contribution in [3.8, 4) is 0 Å². The molecule has 0 spiro atoms. The molecule has 0 radical (unpaired) electrons. The van der Waals surface area contributed by atoms with Crippen molar-refractivity contribution >= 4 is 33.2 Å². The Kier molecular flexibility index (Phi) is 3.59. The van der Waals surface area contributed by atoms with Crippen LogP contribution in [0.4, 0.5) is 0 Å². The Morgan fingerprint density at radius 2 is 2.31 bits per heavy atom. The summed E-state index contributed by atoms with van der Waals surface area (Å²) >= 11 is 7.42. The first-order valence-corrected chi connectivity index (χ1v) is 6.28. The van der Waals surface area contributed by atoms with Crippen molar-refractivity contribution in [3.63, 3.8) is 0 Å². The average molecular weight is 253 g/mol. The summed E-state index contributed by atoms with van der Waals surface area (Å²) < 4.78 is 1.22. The number of para-hydroxylation sites is 1. The first kappa shape index (κ1) is 11.6. The maximum atomic E-state index is 5.71. The van der Waals surface area contributed by atoms with Gasteiger partial charge in [0.2, 0.25) is 0 Å². The normalized spacial score (nSPS) is 12.9. The van der Waals surface area contributed by atoms with Crippen LogP contribution in [0.2, 0.25) is 0 Å². The molecule has 0 saturated carbocycles. The summed E-state index contributed by atoms with van der Waals surface area (Å²) in [5, 5.41) is 4.98. The molecule has 0 fully saturated rings. The Hall–Kier alpha value is -0.900. The quantitative estimate of drug-likeness (QED) is 0.898. The molecule has 0 amide bonds. The largest absolute Gasteiger partial charge is 0.303 e. The number of halogens is 1. The fourth-order valence-electron chi connectivity index (χ4n) is 1.43. The third-order valence-electron chi connectivity index (χ3n) is 2.28. The van der Waals surface area contributed by atoms with Crippen molar-refractivity contribution in [2.24, 2.45) is 0 Å². The lowest BCUT2D eigenvalue weighted by molar-refractivity contribution is 0.612. The summed E-state index contributed by atoms with van der Waals surface area (Å²) in [6.45, 7) is 6.34. The molecule has 16 heavy (non-hydrogen) atoms. The molecule has 1 atom stereocenters. The first-order valence-electron chi connectivity index (χ1n) is 5.09. The lowest BCUT2D eigenvalue weighted by Gasteiger charge is -2.09. The second-order valence-electron chi connectivity index (χ2n) is 3.64. The first-order chi connectivity index (χ1) is 7.66. The van der Waals surface area contributed by atoms with Gasteiger partial charge in [0.15, 0.2) is 0 Å². The number of hydrogen-bond acceptors (Lipinski definition) is 3. The number of thiazole rings is 1. The van der Waals surface area contributed by atoms with E-state index in [1.165, 1.54) is 4.70 Å². The zero-order valence-corrected chi connectivity index (χ0v) is 10.6. The third kappa shape index (κ3) is 2.61. The minimum Gasteiger partial charge on any atom is -0.303 e. The zero-order chi connectivity index (χ0) is 11.5. The summed E-state index contributed by atoms with van der Waals surface area (Å²) in [5.41, 5.74) is 1.06. The Bertz CT molecular complexity index is 473. The average Bonchev–Trinajstić information content (AvgIpc) is 2.69. The molecule has 4 heteroatoms. The molecule has 1 aromatic carbocycles. The molecule has 1 N–H and O–H groups in total. The molecular weight excluding hydrogens is 240 g/mol. The number of hydrogen-bond donors (Lipinski definition) is 1. The predicted octanol–water partition coefficient (Wildman–Crippen LogP) is 3.70. The van der Waals surface area contributed by atoms with Gasteiger partial charge >= 0.3 is 0 Å². The highest BCUT2D eigenvalue weighted by Crippen LogP contribution is 2.25. The zero-order valence-electron chi connectivity index (χ0n) is 9.03. The fraction of sp³-hybridized carbons (Fsp3) is 0.250. The van der Waals surface area contributed by atoms with Gasteiger partial charge in [0, 0.05) is 11.6 Å². The van der Waals surface area contributed by atoms with Gasteiger partial charge in [-0.2, -0.15) is 0 Å². The number of fused-ring (bicyclic) bond motifs is 1. The summed E-state index contributed by atoms with van der Waals surface area (Å²) in [5.74, 6) is 0. The molecule has 84 valence electrons. The molecule has 0 aliphatic rings. The lowest BCUT2D eigenvalue weighted by Crippen LogP contribution is -2.19. The monoisotopic (exact) mass is 252 g/mol. The van der Waals surface area contributed by atoms with Gasteiger partial charge < -0.3 is 5.32 Å². The molecule has 0 aliphatic heterocycles. The lowest BCUT2D eigenvalue weighted by atomic mass is 10.3. The smallest absolute Gasteiger partial charge is 0.111 e. The molecule has 1 unspecified atom stereocenters. The van der Waals surface area contributed by atoms with Crippen LogP contribution in [-0.2, 0) is 0 Å². The van der Waals surface area contributed by atoms with Gasteiger partial charge in [-0.3, -0.25) is 0 Å². The summed E-state index contributed by atoms with van der Waals surface area (Å²) in [6.07, 6.45) is 0. The van der Waals surface area contributed by atoms with Crippen LogP contribution in [0.5, 0.6) is 0 Å². The highest BCUT2D eigenvalue weighted by atomic mass is 35.5. The van der Waals surface area contributed by atoms with Crippen molar-refractivity contribution in [1.82, 2.24) is 10.3 Å². The summed E-state index contributed by atoms with van der Waals surface area (Å²) in [4.78, 5) is 4.57. The topological polar surface area (TPSA) is 24.9 Å². The van der Waals surface area contributed by atoms with E-state index in [1.54, 1.807) is 11.3 Å². The SMILES string of the molecule is C=C(Cl)CNC(C)c1nc2ccccc2s1. The van der Waals surface area contributed by atoms with Gasteiger partial charge in [-0.15, -0.1) is 11.3 Å². The van der Waals surface area contributed by atoms with Crippen LogP contribution in [-0.4, -0.2) is 11.5 Å². The van der Waals surface area contributed by atoms with E-state index in [-0.39, 0.29) is 6.04 Å². The summed E-state index contributed by atoms with van der Waals surface area (Å²) in [7, 11) is 0. The molecule has 2 rings (SSSR count). The van der Waals surface area contributed by atoms with E-state index in [0.29, 0.717) is 11.6 Å². The highest BCUT2D eigenvalue weighted by Gasteiger charge is 2.10. The standard InChI is InChI=1S/C12H13ClN2S/c1-8(13)7-14-9(2)12-15-10-5-3-4-6-11(10)16-12/h3-6,9,14H,1,7H2,2H3. The van der Waals surface area contributed by atoms with E-state index < -0.39 is 0 Å². The van der Waals surface area contributed by atoms with Crippen LogP contribution < -0.4 is 5.32 Å². The Balaban J connectivity index is 2.16. The van der Waals surface area contributed by atoms with E-state index in [9.17, 15) is 0 Å². The van der Waals surface area contributed by atoms with E-state index >= 15 is 0 Å².